The second-order valence-corrected chi connectivity index (χ2v) is 6.47. The maximum atomic E-state index is 11.2. The lowest BCUT2D eigenvalue weighted by molar-refractivity contribution is 0.458. The molecule has 0 unspecified atom stereocenters. The van der Waals surface area contributed by atoms with E-state index in [2.05, 4.69) is 9.98 Å². The average molecular weight is 365 g/mol. The molecule has 1 heterocycles. The quantitative estimate of drug-likeness (QED) is 0.651. The van der Waals surface area contributed by atoms with Crippen LogP contribution in [-0.4, -0.2) is 16.3 Å². The van der Waals surface area contributed by atoms with Gasteiger partial charge < -0.3 is 5.11 Å². The molecule has 2 N–H and O–H groups in total. The van der Waals surface area contributed by atoms with Crippen molar-refractivity contribution in [3.63, 3.8) is 0 Å². The number of hydrogen-bond acceptors (Lipinski definition) is 4. The minimum atomic E-state index is -0.292. The molecule has 0 bridgehead atoms. The summed E-state index contributed by atoms with van der Waals surface area (Å²) < 4.78 is 0. The topological polar surface area (TPSA) is 65.5 Å². The van der Waals surface area contributed by atoms with E-state index in [1.807, 2.05) is 6.07 Å². The molecule has 3 aromatic rings. The Labute approximate surface area is 145 Å². The van der Waals surface area contributed by atoms with E-state index in [0.29, 0.717) is 14.9 Å². The highest BCUT2D eigenvalue weighted by molar-refractivity contribution is 7.13. The van der Waals surface area contributed by atoms with E-state index in [-0.39, 0.29) is 10.8 Å². The second kappa shape index (κ2) is 6.58. The van der Waals surface area contributed by atoms with Gasteiger partial charge in [0.1, 0.15) is 0 Å². The molecule has 0 saturated heterocycles. The average Bonchev–Trinajstić information content (AvgIpc) is 2.87. The largest absolute Gasteiger partial charge is 0.493 e. The van der Waals surface area contributed by atoms with Crippen molar-refractivity contribution in [2.75, 3.05) is 0 Å². The van der Waals surface area contributed by atoms with Crippen LogP contribution >= 0.6 is 34.5 Å². The van der Waals surface area contributed by atoms with E-state index in [1.54, 1.807) is 42.6 Å². The van der Waals surface area contributed by atoms with Crippen molar-refractivity contribution in [1.29, 1.82) is 0 Å². The maximum Gasteiger partial charge on any atom is 0.307 e. The number of H-pyrrole nitrogens is 1. The molecule has 0 saturated carbocycles. The van der Waals surface area contributed by atoms with Gasteiger partial charge in [0.15, 0.2) is 0 Å². The molecule has 0 amide bonds. The van der Waals surface area contributed by atoms with Crippen LogP contribution in [0.1, 0.15) is 5.56 Å². The number of aliphatic imine (C=N–C) groups is 1. The fourth-order valence-corrected chi connectivity index (χ4v) is 3.00. The summed E-state index contributed by atoms with van der Waals surface area (Å²) in [4.78, 5) is 18.1. The predicted octanol–water partition coefficient (Wildman–Crippen LogP) is 4.87. The van der Waals surface area contributed by atoms with E-state index in [4.69, 9.17) is 23.2 Å². The zero-order valence-electron chi connectivity index (χ0n) is 11.6. The highest BCUT2D eigenvalue weighted by atomic mass is 35.5. The number of thiazole rings is 1. The van der Waals surface area contributed by atoms with Crippen LogP contribution in [0.25, 0.3) is 10.4 Å². The van der Waals surface area contributed by atoms with Gasteiger partial charge in [0.2, 0.25) is 5.88 Å². The van der Waals surface area contributed by atoms with Gasteiger partial charge in [0, 0.05) is 6.21 Å². The van der Waals surface area contributed by atoms with Gasteiger partial charge in [-0.2, -0.15) is 0 Å². The van der Waals surface area contributed by atoms with Crippen LogP contribution < -0.4 is 4.87 Å². The number of hydrogen-bond donors (Lipinski definition) is 2. The molecule has 1 aromatic heterocycles. The zero-order chi connectivity index (χ0) is 16.4. The number of aromatic amines is 1. The Hall–Kier alpha value is -2.08. The SMILES string of the molecule is O=c1[nH]c(O)c(-c2ccc(N=Cc3ccc(Cl)c(Cl)c3)cc2)s1. The van der Waals surface area contributed by atoms with E-state index in [0.717, 1.165) is 28.2 Å². The first-order valence-corrected chi connectivity index (χ1v) is 8.12. The third kappa shape index (κ3) is 3.64. The van der Waals surface area contributed by atoms with Crippen molar-refractivity contribution in [3.05, 3.63) is 67.7 Å². The molecule has 0 aliphatic carbocycles. The number of aromatic hydroxyl groups is 1. The van der Waals surface area contributed by atoms with Crippen LogP contribution in [0, 0.1) is 0 Å². The lowest BCUT2D eigenvalue weighted by Crippen LogP contribution is -1.89. The van der Waals surface area contributed by atoms with Gasteiger partial charge in [-0.1, -0.05) is 52.7 Å². The van der Waals surface area contributed by atoms with E-state index >= 15 is 0 Å². The molecule has 7 heteroatoms. The fraction of sp³-hybridized carbons (Fsp3) is 0. The molecule has 3 rings (SSSR count). The molecule has 116 valence electrons. The number of aromatic nitrogens is 1. The van der Waals surface area contributed by atoms with Gasteiger partial charge in [-0.25, -0.2) is 0 Å². The van der Waals surface area contributed by atoms with Gasteiger partial charge in [0.05, 0.1) is 20.6 Å². The first-order valence-electron chi connectivity index (χ1n) is 6.54. The minimum Gasteiger partial charge on any atom is -0.493 e. The molecule has 0 fully saturated rings. The lowest BCUT2D eigenvalue weighted by Gasteiger charge is -2.00. The molecule has 0 radical (unpaired) electrons. The molecule has 0 spiro atoms. The van der Waals surface area contributed by atoms with Crippen LogP contribution in [0.15, 0.2) is 52.3 Å². The molecule has 0 aliphatic heterocycles. The first-order chi connectivity index (χ1) is 11.0. The van der Waals surface area contributed by atoms with E-state index < -0.39 is 0 Å². The summed E-state index contributed by atoms with van der Waals surface area (Å²) in [6.07, 6.45) is 1.68. The smallest absolute Gasteiger partial charge is 0.307 e. The summed E-state index contributed by atoms with van der Waals surface area (Å²) in [5.74, 6) is -0.118. The fourth-order valence-electron chi connectivity index (χ4n) is 1.96. The molecule has 0 atom stereocenters. The monoisotopic (exact) mass is 364 g/mol. The third-order valence-electron chi connectivity index (χ3n) is 3.07. The minimum absolute atomic E-state index is 0.118. The summed E-state index contributed by atoms with van der Waals surface area (Å²) in [6.45, 7) is 0. The molecule has 4 nitrogen and oxygen atoms in total. The maximum absolute atomic E-state index is 11.2. The normalized spacial score (nSPS) is 11.2. The summed E-state index contributed by atoms with van der Waals surface area (Å²) in [6, 6.07) is 12.4. The molecular formula is C16H10Cl2N2O2S. The summed E-state index contributed by atoms with van der Waals surface area (Å²) >= 11 is 12.8. The Bertz CT molecular complexity index is 930. The van der Waals surface area contributed by atoms with E-state index in [9.17, 15) is 9.90 Å². The van der Waals surface area contributed by atoms with Crippen molar-refractivity contribution < 1.29 is 5.11 Å². The second-order valence-electron chi connectivity index (χ2n) is 4.67. The molecule has 0 aliphatic rings. The van der Waals surface area contributed by atoms with Crippen LogP contribution in [0.3, 0.4) is 0 Å². The lowest BCUT2D eigenvalue weighted by atomic mass is 10.2. The predicted molar refractivity (Wildman–Crippen MR) is 95.8 cm³/mol. The number of nitrogens with zero attached hydrogens (tertiary/aromatic N) is 1. The van der Waals surface area contributed by atoms with Crippen molar-refractivity contribution in [2.45, 2.75) is 0 Å². The summed E-state index contributed by atoms with van der Waals surface area (Å²) in [7, 11) is 0. The number of rotatable bonds is 3. The van der Waals surface area contributed by atoms with E-state index in [1.165, 1.54) is 0 Å². The standard InChI is InChI=1S/C16H10Cl2N2O2S/c17-12-6-1-9(7-13(12)18)8-19-11-4-2-10(3-5-11)14-15(21)20-16(22)23-14/h1-8,21H,(H,20,22). The Morgan fingerprint density at radius 1 is 1.09 bits per heavy atom. The van der Waals surface area contributed by atoms with Gasteiger partial charge in [-0.15, -0.1) is 0 Å². The molecule has 2 aromatic carbocycles. The number of benzene rings is 2. The van der Waals surface area contributed by atoms with Crippen molar-refractivity contribution in [1.82, 2.24) is 4.98 Å². The number of halogens is 2. The van der Waals surface area contributed by atoms with Crippen molar-refractivity contribution >= 4 is 46.4 Å². The Kier molecular flexibility index (Phi) is 4.52. The summed E-state index contributed by atoms with van der Waals surface area (Å²) in [5, 5.41) is 10.6. The Balaban J connectivity index is 1.82. The third-order valence-corrected chi connectivity index (χ3v) is 4.73. The van der Waals surface area contributed by atoms with Crippen LogP contribution in [0.2, 0.25) is 10.0 Å². The molecule has 23 heavy (non-hydrogen) atoms. The number of nitrogens with one attached hydrogen (secondary N) is 1. The van der Waals surface area contributed by atoms with Gasteiger partial charge >= 0.3 is 4.87 Å². The highest BCUT2D eigenvalue weighted by Crippen LogP contribution is 2.31. The van der Waals surface area contributed by atoms with Crippen molar-refractivity contribution in [2.24, 2.45) is 4.99 Å². The highest BCUT2D eigenvalue weighted by Gasteiger charge is 2.08. The van der Waals surface area contributed by atoms with Crippen LogP contribution in [-0.2, 0) is 0 Å². The Morgan fingerprint density at radius 2 is 1.83 bits per heavy atom. The Morgan fingerprint density at radius 3 is 2.43 bits per heavy atom. The zero-order valence-corrected chi connectivity index (χ0v) is 13.9. The van der Waals surface area contributed by atoms with Crippen molar-refractivity contribution in [3.8, 4) is 16.3 Å². The van der Waals surface area contributed by atoms with Gasteiger partial charge in [-0.3, -0.25) is 14.8 Å². The van der Waals surface area contributed by atoms with Gasteiger partial charge in [-0.05, 0) is 35.4 Å². The van der Waals surface area contributed by atoms with Gasteiger partial charge in [0.25, 0.3) is 0 Å². The van der Waals surface area contributed by atoms with Crippen LogP contribution in [0.5, 0.6) is 5.88 Å². The summed E-state index contributed by atoms with van der Waals surface area (Å²) in [5.41, 5.74) is 2.33. The first kappa shape index (κ1) is 15.8. The van der Waals surface area contributed by atoms with Crippen LogP contribution in [0.4, 0.5) is 5.69 Å². The molecular weight excluding hydrogens is 355 g/mol.